The van der Waals surface area contributed by atoms with Gasteiger partial charge in [-0.1, -0.05) is 6.92 Å². The molecule has 0 amide bonds. The molecule has 0 bridgehead atoms. The molecule has 4 nitrogen and oxygen atoms in total. The second-order valence-corrected chi connectivity index (χ2v) is 6.18. The van der Waals surface area contributed by atoms with E-state index >= 15 is 0 Å². The molecule has 0 unspecified atom stereocenters. The number of ether oxygens (including phenoxy) is 1. The minimum atomic E-state index is 0.405. The number of nitrogens with two attached hydrogens (primary N) is 1. The predicted octanol–water partition coefficient (Wildman–Crippen LogP) is 2.88. The van der Waals surface area contributed by atoms with Gasteiger partial charge in [0.25, 0.3) is 0 Å². The number of hydrogen-bond donors (Lipinski definition) is 1. The highest BCUT2D eigenvalue weighted by Crippen LogP contribution is 2.24. The zero-order valence-electron chi connectivity index (χ0n) is 13.6. The van der Waals surface area contributed by atoms with Crippen LogP contribution in [0.3, 0.4) is 0 Å². The molecular weight excluding hydrogens is 262 g/mol. The molecule has 118 valence electrons. The Kier molecular flexibility index (Phi) is 6.00. The SMILES string of the molecule is CCCN(Cc1cc(OC)cc(C)n1)C1CCC(N)CC1. The van der Waals surface area contributed by atoms with Crippen LogP contribution in [0.15, 0.2) is 12.1 Å². The Morgan fingerprint density at radius 3 is 2.62 bits per heavy atom. The normalized spacial score (nSPS) is 22.5. The number of hydrogen-bond acceptors (Lipinski definition) is 4. The minimum Gasteiger partial charge on any atom is -0.497 e. The van der Waals surface area contributed by atoms with Gasteiger partial charge in [-0.3, -0.25) is 9.88 Å². The van der Waals surface area contributed by atoms with Crippen molar-refractivity contribution in [3.8, 4) is 5.75 Å². The second-order valence-electron chi connectivity index (χ2n) is 6.18. The zero-order chi connectivity index (χ0) is 15.2. The van der Waals surface area contributed by atoms with Gasteiger partial charge in [0, 0.05) is 36.5 Å². The van der Waals surface area contributed by atoms with Crippen molar-refractivity contribution >= 4 is 0 Å². The topological polar surface area (TPSA) is 51.4 Å². The highest BCUT2D eigenvalue weighted by Gasteiger charge is 2.24. The summed E-state index contributed by atoms with van der Waals surface area (Å²) in [5.74, 6) is 0.902. The molecule has 1 saturated carbocycles. The summed E-state index contributed by atoms with van der Waals surface area (Å²) in [6.45, 7) is 6.30. The van der Waals surface area contributed by atoms with Gasteiger partial charge in [-0.25, -0.2) is 0 Å². The fourth-order valence-electron chi connectivity index (χ4n) is 3.25. The van der Waals surface area contributed by atoms with Crippen molar-refractivity contribution in [3.63, 3.8) is 0 Å². The summed E-state index contributed by atoms with van der Waals surface area (Å²) in [6, 6.07) is 5.09. The second kappa shape index (κ2) is 7.76. The van der Waals surface area contributed by atoms with Crippen LogP contribution in [0.4, 0.5) is 0 Å². The summed E-state index contributed by atoms with van der Waals surface area (Å²) in [7, 11) is 1.71. The van der Waals surface area contributed by atoms with Crippen molar-refractivity contribution in [2.24, 2.45) is 5.73 Å². The Morgan fingerprint density at radius 2 is 2.00 bits per heavy atom. The van der Waals surface area contributed by atoms with Gasteiger partial charge in [-0.2, -0.15) is 0 Å². The molecule has 0 spiro atoms. The van der Waals surface area contributed by atoms with E-state index in [1.165, 1.54) is 19.3 Å². The molecule has 1 aliphatic carbocycles. The van der Waals surface area contributed by atoms with Crippen LogP contribution in [0.2, 0.25) is 0 Å². The van der Waals surface area contributed by atoms with Crippen molar-refractivity contribution in [1.29, 1.82) is 0 Å². The van der Waals surface area contributed by atoms with E-state index in [0.717, 1.165) is 43.1 Å². The number of pyridine rings is 1. The average molecular weight is 291 g/mol. The first kappa shape index (κ1) is 16.2. The molecule has 1 aliphatic rings. The van der Waals surface area contributed by atoms with Gasteiger partial charge in [0.15, 0.2) is 0 Å². The summed E-state index contributed by atoms with van der Waals surface area (Å²) in [5.41, 5.74) is 8.16. The van der Waals surface area contributed by atoms with Crippen molar-refractivity contribution in [2.45, 2.75) is 64.6 Å². The lowest BCUT2D eigenvalue weighted by molar-refractivity contribution is 0.140. The lowest BCUT2D eigenvalue weighted by atomic mass is 9.90. The van der Waals surface area contributed by atoms with Crippen LogP contribution in [0.1, 0.15) is 50.4 Å². The highest BCUT2D eigenvalue weighted by molar-refractivity contribution is 5.26. The summed E-state index contributed by atoms with van der Waals surface area (Å²) in [6.07, 6.45) is 5.89. The maximum Gasteiger partial charge on any atom is 0.122 e. The maximum absolute atomic E-state index is 6.03. The monoisotopic (exact) mass is 291 g/mol. The third-order valence-corrected chi connectivity index (χ3v) is 4.35. The summed E-state index contributed by atoms with van der Waals surface area (Å²) in [5, 5.41) is 0. The highest BCUT2D eigenvalue weighted by atomic mass is 16.5. The molecule has 4 heteroatoms. The van der Waals surface area contributed by atoms with E-state index < -0.39 is 0 Å². The number of nitrogens with zero attached hydrogens (tertiary/aromatic N) is 2. The Morgan fingerprint density at radius 1 is 1.29 bits per heavy atom. The van der Waals surface area contributed by atoms with E-state index in [-0.39, 0.29) is 0 Å². The molecule has 1 heterocycles. The molecule has 0 atom stereocenters. The van der Waals surface area contributed by atoms with Crippen LogP contribution >= 0.6 is 0 Å². The van der Waals surface area contributed by atoms with Crippen molar-refractivity contribution in [2.75, 3.05) is 13.7 Å². The molecule has 0 radical (unpaired) electrons. The van der Waals surface area contributed by atoms with E-state index in [9.17, 15) is 0 Å². The van der Waals surface area contributed by atoms with E-state index in [2.05, 4.69) is 22.9 Å². The number of methoxy groups -OCH3 is 1. The molecular formula is C17H29N3O. The molecule has 0 saturated heterocycles. The standard InChI is InChI=1S/C17H29N3O/c1-4-9-20(16-7-5-14(18)6-8-16)12-15-11-17(21-3)10-13(2)19-15/h10-11,14,16H,4-9,12,18H2,1-3H3. The smallest absolute Gasteiger partial charge is 0.122 e. The number of aromatic nitrogens is 1. The van der Waals surface area contributed by atoms with Crippen molar-refractivity contribution in [3.05, 3.63) is 23.5 Å². The molecule has 0 aliphatic heterocycles. The Balaban J connectivity index is 2.06. The first-order chi connectivity index (χ1) is 10.1. The Labute approximate surface area is 128 Å². The van der Waals surface area contributed by atoms with Crippen molar-refractivity contribution in [1.82, 2.24) is 9.88 Å². The van der Waals surface area contributed by atoms with Crippen LogP contribution < -0.4 is 10.5 Å². The summed E-state index contributed by atoms with van der Waals surface area (Å²) >= 11 is 0. The number of rotatable bonds is 6. The lowest BCUT2D eigenvalue weighted by Crippen LogP contribution is -2.41. The fourth-order valence-corrected chi connectivity index (χ4v) is 3.25. The van der Waals surface area contributed by atoms with Gasteiger partial charge in [0.2, 0.25) is 0 Å². The van der Waals surface area contributed by atoms with E-state index in [1.807, 2.05) is 13.0 Å². The maximum atomic E-state index is 6.03. The van der Waals surface area contributed by atoms with Gasteiger partial charge in [-0.15, -0.1) is 0 Å². The minimum absolute atomic E-state index is 0.405. The van der Waals surface area contributed by atoms with Crippen LogP contribution in [-0.2, 0) is 6.54 Å². The molecule has 2 N–H and O–H groups in total. The quantitative estimate of drug-likeness (QED) is 0.875. The average Bonchev–Trinajstić information content (AvgIpc) is 2.47. The van der Waals surface area contributed by atoms with E-state index in [1.54, 1.807) is 7.11 Å². The van der Waals surface area contributed by atoms with Crippen LogP contribution in [0, 0.1) is 6.92 Å². The Hall–Kier alpha value is -1.13. The first-order valence-electron chi connectivity index (χ1n) is 8.13. The van der Waals surface area contributed by atoms with Crippen molar-refractivity contribution < 1.29 is 4.74 Å². The first-order valence-corrected chi connectivity index (χ1v) is 8.13. The number of aryl methyl sites for hydroxylation is 1. The van der Waals surface area contributed by atoms with E-state index in [0.29, 0.717) is 12.1 Å². The molecule has 1 fully saturated rings. The molecule has 0 aromatic carbocycles. The third-order valence-electron chi connectivity index (χ3n) is 4.35. The van der Waals surface area contributed by atoms with Gasteiger partial charge in [-0.05, 0) is 45.6 Å². The van der Waals surface area contributed by atoms with E-state index in [4.69, 9.17) is 10.5 Å². The fraction of sp³-hybridized carbons (Fsp3) is 0.706. The molecule has 2 rings (SSSR count). The van der Waals surface area contributed by atoms with Gasteiger partial charge in [0.1, 0.15) is 5.75 Å². The van der Waals surface area contributed by atoms with Gasteiger partial charge < -0.3 is 10.5 Å². The summed E-state index contributed by atoms with van der Waals surface area (Å²) < 4.78 is 5.36. The largest absolute Gasteiger partial charge is 0.497 e. The molecule has 21 heavy (non-hydrogen) atoms. The Bertz CT molecular complexity index is 442. The molecule has 1 aromatic heterocycles. The van der Waals surface area contributed by atoms with Crippen LogP contribution in [0.5, 0.6) is 5.75 Å². The van der Waals surface area contributed by atoms with Crippen LogP contribution in [-0.4, -0.2) is 35.6 Å². The predicted molar refractivity (Wildman–Crippen MR) is 86.5 cm³/mol. The third kappa shape index (κ3) is 4.68. The summed E-state index contributed by atoms with van der Waals surface area (Å²) in [4.78, 5) is 7.24. The van der Waals surface area contributed by atoms with Crippen LogP contribution in [0.25, 0.3) is 0 Å². The van der Waals surface area contributed by atoms with Gasteiger partial charge >= 0.3 is 0 Å². The lowest BCUT2D eigenvalue weighted by Gasteiger charge is -2.35. The zero-order valence-corrected chi connectivity index (χ0v) is 13.6. The molecule has 1 aromatic rings. The van der Waals surface area contributed by atoms with Gasteiger partial charge in [0.05, 0.1) is 12.8 Å².